The van der Waals surface area contributed by atoms with Crippen LogP contribution in [0.3, 0.4) is 0 Å². The number of carboxylic acid groups (broad SMARTS) is 1. The average molecular weight is 316 g/mol. The third-order valence-corrected chi connectivity index (χ3v) is 4.65. The first-order valence-electron chi connectivity index (χ1n) is 7.16. The molecule has 0 aliphatic carbocycles. The Kier molecular flexibility index (Phi) is 4.20. The van der Waals surface area contributed by atoms with Crippen LogP contribution in [0.25, 0.3) is 0 Å². The van der Waals surface area contributed by atoms with Gasteiger partial charge in [-0.1, -0.05) is 18.2 Å². The predicted molar refractivity (Wildman–Crippen MR) is 83.4 cm³/mol. The quantitative estimate of drug-likeness (QED) is 0.945. The molecule has 0 saturated carbocycles. The molecule has 1 fully saturated rings. The zero-order chi connectivity index (χ0) is 15.5. The Morgan fingerprint density at radius 1 is 1.23 bits per heavy atom. The van der Waals surface area contributed by atoms with Gasteiger partial charge in [0.1, 0.15) is 5.69 Å². The molecule has 3 rings (SSSR count). The standard InChI is InChI=1S/C16H16N2O3S/c19-15(14-9-22-10-17-14)18-7-5-11(6-8-18)12-3-1-2-4-13(12)16(20)21/h1-4,9-11H,5-8H2,(H,20,21). The molecule has 1 amide bonds. The Morgan fingerprint density at radius 3 is 2.59 bits per heavy atom. The molecule has 1 aromatic carbocycles. The summed E-state index contributed by atoms with van der Waals surface area (Å²) in [6, 6.07) is 7.14. The molecule has 0 atom stereocenters. The Hall–Kier alpha value is -2.21. The van der Waals surface area contributed by atoms with E-state index < -0.39 is 5.97 Å². The Bertz CT molecular complexity index is 676. The van der Waals surface area contributed by atoms with Gasteiger partial charge in [-0.25, -0.2) is 9.78 Å². The fourth-order valence-corrected chi connectivity index (χ4v) is 3.45. The highest BCUT2D eigenvalue weighted by atomic mass is 32.1. The highest BCUT2D eigenvalue weighted by Gasteiger charge is 2.27. The van der Waals surface area contributed by atoms with Crippen molar-refractivity contribution in [3.05, 3.63) is 52.0 Å². The smallest absolute Gasteiger partial charge is 0.335 e. The van der Waals surface area contributed by atoms with E-state index in [9.17, 15) is 14.7 Å². The van der Waals surface area contributed by atoms with Crippen LogP contribution in [0.4, 0.5) is 0 Å². The molecule has 2 heterocycles. The molecular weight excluding hydrogens is 300 g/mol. The summed E-state index contributed by atoms with van der Waals surface area (Å²) in [5.74, 6) is -0.741. The molecule has 1 aliphatic heterocycles. The number of rotatable bonds is 3. The van der Waals surface area contributed by atoms with Crippen LogP contribution in [0.5, 0.6) is 0 Å². The largest absolute Gasteiger partial charge is 0.478 e. The van der Waals surface area contributed by atoms with Crippen LogP contribution in [-0.2, 0) is 0 Å². The number of benzene rings is 1. The van der Waals surface area contributed by atoms with Crippen molar-refractivity contribution in [1.29, 1.82) is 0 Å². The van der Waals surface area contributed by atoms with Gasteiger partial charge >= 0.3 is 5.97 Å². The lowest BCUT2D eigenvalue weighted by Crippen LogP contribution is -2.38. The van der Waals surface area contributed by atoms with E-state index in [4.69, 9.17) is 0 Å². The van der Waals surface area contributed by atoms with E-state index in [0.717, 1.165) is 18.4 Å². The molecular formula is C16H16N2O3S. The first-order chi connectivity index (χ1) is 10.7. The second kappa shape index (κ2) is 6.27. The van der Waals surface area contributed by atoms with Gasteiger partial charge in [-0.15, -0.1) is 11.3 Å². The summed E-state index contributed by atoms with van der Waals surface area (Å²) in [5, 5.41) is 11.0. The van der Waals surface area contributed by atoms with Gasteiger partial charge in [-0.3, -0.25) is 4.79 Å². The van der Waals surface area contributed by atoms with Gasteiger partial charge in [-0.05, 0) is 30.4 Å². The molecule has 5 nitrogen and oxygen atoms in total. The molecule has 1 N–H and O–H groups in total. The maximum Gasteiger partial charge on any atom is 0.335 e. The molecule has 6 heteroatoms. The summed E-state index contributed by atoms with van der Waals surface area (Å²) in [4.78, 5) is 29.4. The predicted octanol–water partition coefficient (Wildman–Crippen LogP) is 2.86. The summed E-state index contributed by atoms with van der Waals surface area (Å²) >= 11 is 1.41. The van der Waals surface area contributed by atoms with Crippen LogP contribution in [0.2, 0.25) is 0 Å². The van der Waals surface area contributed by atoms with E-state index in [1.54, 1.807) is 27.9 Å². The van der Waals surface area contributed by atoms with Gasteiger partial charge in [0.05, 0.1) is 11.1 Å². The fraction of sp³-hybridized carbons (Fsp3) is 0.312. The molecule has 1 aliphatic rings. The van der Waals surface area contributed by atoms with Crippen molar-refractivity contribution in [3.63, 3.8) is 0 Å². The lowest BCUT2D eigenvalue weighted by atomic mass is 9.86. The number of carbonyl (C=O) groups excluding carboxylic acids is 1. The Morgan fingerprint density at radius 2 is 1.95 bits per heavy atom. The SMILES string of the molecule is O=C(O)c1ccccc1C1CCN(C(=O)c2cscn2)CC1. The van der Waals surface area contributed by atoms with Crippen LogP contribution in [0.1, 0.15) is 45.2 Å². The second-order valence-corrected chi connectivity index (χ2v) is 6.05. The fourth-order valence-electron chi connectivity index (χ4n) is 2.92. The maximum atomic E-state index is 12.3. The van der Waals surface area contributed by atoms with Gasteiger partial charge in [0.15, 0.2) is 0 Å². The average Bonchev–Trinajstić information content (AvgIpc) is 3.09. The molecule has 1 aromatic heterocycles. The van der Waals surface area contributed by atoms with E-state index >= 15 is 0 Å². The number of aromatic nitrogens is 1. The summed E-state index contributed by atoms with van der Waals surface area (Å²) in [6.07, 6.45) is 1.56. The summed E-state index contributed by atoms with van der Waals surface area (Å²) in [6.45, 7) is 1.27. The Labute approximate surface area is 132 Å². The Balaban J connectivity index is 1.70. The van der Waals surface area contributed by atoms with Crippen molar-refractivity contribution in [2.45, 2.75) is 18.8 Å². The lowest BCUT2D eigenvalue weighted by molar-refractivity contribution is 0.0678. The van der Waals surface area contributed by atoms with Crippen molar-refractivity contribution >= 4 is 23.2 Å². The van der Waals surface area contributed by atoms with Crippen molar-refractivity contribution in [1.82, 2.24) is 9.88 Å². The highest BCUT2D eigenvalue weighted by Crippen LogP contribution is 2.30. The van der Waals surface area contributed by atoms with Crippen molar-refractivity contribution in [2.24, 2.45) is 0 Å². The summed E-state index contributed by atoms with van der Waals surface area (Å²) in [5.41, 5.74) is 3.39. The van der Waals surface area contributed by atoms with Crippen molar-refractivity contribution in [3.8, 4) is 0 Å². The van der Waals surface area contributed by atoms with Gasteiger partial charge < -0.3 is 10.0 Å². The number of carboxylic acids is 1. The maximum absolute atomic E-state index is 12.3. The third-order valence-electron chi connectivity index (χ3n) is 4.06. The molecule has 0 unspecified atom stereocenters. The molecule has 1 saturated heterocycles. The molecule has 2 aromatic rings. The van der Waals surface area contributed by atoms with Gasteiger partial charge in [0.2, 0.25) is 0 Å². The number of thiazole rings is 1. The van der Waals surface area contributed by atoms with E-state index in [1.165, 1.54) is 11.3 Å². The minimum Gasteiger partial charge on any atom is -0.478 e. The first-order valence-corrected chi connectivity index (χ1v) is 8.11. The van der Waals surface area contributed by atoms with Gasteiger partial charge in [-0.2, -0.15) is 0 Å². The van der Waals surface area contributed by atoms with E-state index in [2.05, 4.69) is 4.98 Å². The summed E-state index contributed by atoms with van der Waals surface area (Å²) < 4.78 is 0. The van der Waals surface area contributed by atoms with Crippen molar-refractivity contribution < 1.29 is 14.7 Å². The molecule has 22 heavy (non-hydrogen) atoms. The summed E-state index contributed by atoms with van der Waals surface area (Å²) in [7, 11) is 0. The third kappa shape index (κ3) is 2.87. The molecule has 0 spiro atoms. The molecule has 0 radical (unpaired) electrons. The number of amides is 1. The normalized spacial score (nSPS) is 15.7. The number of aromatic carboxylic acids is 1. The van der Waals surface area contributed by atoms with Crippen LogP contribution < -0.4 is 0 Å². The highest BCUT2D eigenvalue weighted by molar-refractivity contribution is 7.07. The number of piperidine rings is 1. The molecule has 114 valence electrons. The molecule has 0 bridgehead atoms. The number of carbonyl (C=O) groups is 2. The lowest BCUT2D eigenvalue weighted by Gasteiger charge is -2.32. The van der Waals surface area contributed by atoms with Crippen LogP contribution in [0, 0.1) is 0 Å². The van der Waals surface area contributed by atoms with E-state index in [-0.39, 0.29) is 11.8 Å². The minimum absolute atomic E-state index is 0.0359. The van der Waals surface area contributed by atoms with Gasteiger partial charge in [0.25, 0.3) is 5.91 Å². The van der Waals surface area contributed by atoms with Crippen LogP contribution in [-0.4, -0.2) is 40.0 Å². The number of hydrogen-bond acceptors (Lipinski definition) is 4. The van der Waals surface area contributed by atoms with E-state index in [0.29, 0.717) is 24.3 Å². The van der Waals surface area contributed by atoms with E-state index in [1.807, 2.05) is 12.1 Å². The van der Waals surface area contributed by atoms with Gasteiger partial charge in [0, 0.05) is 18.5 Å². The van der Waals surface area contributed by atoms with Crippen LogP contribution in [0.15, 0.2) is 35.2 Å². The number of hydrogen-bond donors (Lipinski definition) is 1. The zero-order valence-electron chi connectivity index (χ0n) is 11.9. The monoisotopic (exact) mass is 316 g/mol. The minimum atomic E-state index is -0.892. The van der Waals surface area contributed by atoms with Crippen molar-refractivity contribution in [2.75, 3.05) is 13.1 Å². The topological polar surface area (TPSA) is 70.5 Å². The first kappa shape index (κ1) is 14.7. The number of likely N-dealkylation sites (tertiary alicyclic amines) is 1. The van der Waals surface area contributed by atoms with Crippen LogP contribution >= 0.6 is 11.3 Å². The second-order valence-electron chi connectivity index (χ2n) is 5.33. The zero-order valence-corrected chi connectivity index (χ0v) is 12.8. The number of nitrogens with zero attached hydrogens (tertiary/aromatic N) is 2.